The molecule has 69 heavy (non-hydrogen) atoms. The lowest BCUT2D eigenvalue weighted by Crippen LogP contribution is -2.26. The van der Waals surface area contributed by atoms with Crippen LogP contribution in [0.1, 0.15) is 124 Å². The molecule has 0 aliphatic carbocycles. The molecule has 0 spiro atoms. The van der Waals surface area contributed by atoms with Crippen LogP contribution < -0.4 is 0 Å². The highest BCUT2D eigenvalue weighted by molar-refractivity contribution is 6.41. The van der Waals surface area contributed by atoms with E-state index in [4.69, 9.17) is 18.8 Å². The third kappa shape index (κ3) is 6.71. The number of nitrogens with zero attached hydrogens (tertiary/aromatic N) is 2. The van der Waals surface area contributed by atoms with Gasteiger partial charge in [0.05, 0.1) is 22.8 Å². The molecule has 0 radical (unpaired) electrons. The summed E-state index contributed by atoms with van der Waals surface area (Å²) in [5.74, 6) is 0.608. The van der Waals surface area contributed by atoms with Crippen molar-refractivity contribution in [1.29, 1.82) is 0 Å². The maximum atomic E-state index is 7.56. The summed E-state index contributed by atoms with van der Waals surface area (Å²) >= 11 is 0. The molecule has 0 atom stereocenters. The third-order valence-corrected chi connectivity index (χ3v) is 14.7. The van der Waals surface area contributed by atoms with Gasteiger partial charge in [-0.25, -0.2) is 9.98 Å². The van der Waals surface area contributed by atoms with Gasteiger partial charge in [0, 0.05) is 71.1 Å². The van der Waals surface area contributed by atoms with Gasteiger partial charge in [0.15, 0.2) is 0 Å². The number of hydrogen-bond acceptors (Lipinski definition) is 4. The van der Waals surface area contributed by atoms with Gasteiger partial charge in [-0.2, -0.15) is 0 Å². The Morgan fingerprint density at radius 2 is 0.971 bits per heavy atom. The van der Waals surface area contributed by atoms with Crippen LogP contribution in [-0.2, 0) is 10.8 Å². The molecule has 4 heteroatoms. The lowest BCUT2D eigenvalue weighted by atomic mass is 9.70. The Balaban J connectivity index is 1.40. The fraction of sp³-hybridized carbons (Fsp3) is 0.200. The summed E-state index contributed by atoms with van der Waals surface area (Å²) in [4.78, 5) is 11.5. The molecule has 4 heterocycles. The monoisotopic (exact) mass is 896 g/mol. The van der Waals surface area contributed by atoms with Gasteiger partial charge in [-0.1, -0.05) is 172 Å². The number of aliphatic imine (C=N–C) groups is 2. The molecule has 0 fully saturated rings. The Morgan fingerprint density at radius 3 is 1.55 bits per heavy atom. The number of benzene rings is 9. The Morgan fingerprint density at radius 1 is 0.449 bits per heavy atom. The van der Waals surface area contributed by atoms with Crippen molar-refractivity contribution in [2.24, 2.45) is 9.98 Å². The standard InChI is InChI=1S/C65H56N2O2/c1-37(2)39-19-16-21-41(35-39)59(66-43-23-12-10-13-24-43)55-47-32-34-52-53-49-31-33-50(58(63(49)68-52)64(5,6)7)65(8,9)51-28-18-27-45-46-29-30-48(57(54(47)53)62(46)69-61(45)51)56(55)60(67-44-25-14-11-15-26-44)42-22-17-20-40(36-42)38(3)4/h10-38H,1-9H3. The van der Waals surface area contributed by atoms with Crippen LogP contribution in [-0.4, -0.2) is 11.4 Å². The molecule has 9 aromatic carbocycles. The van der Waals surface area contributed by atoms with Gasteiger partial charge in [-0.05, 0) is 99.3 Å². The van der Waals surface area contributed by atoms with Crippen molar-refractivity contribution in [3.63, 3.8) is 0 Å². The molecule has 6 bridgehead atoms. The molecule has 0 saturated carbocycles. The maximum Gasteiger partial charge on any atom is 0.143 e. The highest BCUT2D eigenvalue weighted by Crippen LogP contribution is 2.52. The molecular formula is C65H56N2O2. The Bertz CT molecular complexity index is 3950. The second-order valence-corrected chi connectivity index (χ2v) is 21.3. The summed E-state index contributed by atoms with van der Waals surface area (Å²) < 4.78 is 14.9. The van der Waals surface area contributed by atoms with Gasteiger partial charge in [0.25, 0.3) is 0 Å². The van der Waals surface area contributed by atoms with Crippen molar-refractivity contribution < 1.29 is 8.83 Å². The first-order valence-electron chi connectivity index (χ1n) is 24.5. The molecule has 2 aliphatic heterocycles. The van der Waals surface area contributed by atoms with E-state index in [0.29, 0.717) is 11.8 Å². The Hall–Kier alpha value is -7.56. The number of rotatable bonds is 8. The maximum absolute atomic E-state index is 7.56. The Kier molecular flexibility index (Phi) is 9.76. The van der Waals surface area contributed by atoms with Gasteiger partial charge in [-0.3, -0.25) is 0 Å². The van der Waals surface area contributed by atoms with Crippen molar-refractivity contribution in [3.05, 3.63) is 214 Å². The van der Waals surface area contributed by atoms with E-state index in [9.17, 15) is 0 Å². The average Bonchev–Trinajstić information content (AvgIpc) is 3.93. The van der Waals surface area contributed by atoms with E-state index in [0.717, 1.165) is 116 Å². The second kappa shape index (κ2) is 15.7. The second-order valence-electron chi connectivity index (χ2n) is 21.3. The molecule has 338 valence electrons. The molecule has 4 nitrogen and oxygen atoms in total. The van der Waals surface area contributed by atoms with Crippen LogP contribution in [0.15, 0.2) is 183 Å². The zero-order valence-electron chi connectivity index (χ0n) is 41.0. The summed E-state index contributed by atoms with van der Waals surface area (Å²) in [5.41, 5.74) is 16.5. The van der Waals surface area contributed by atoms with Crippen molar-refractivity contribution in [1.82, 2.24) is 0 Å². The SMILES string of the molecule is CC(C)c1cccc(C(=Nc2ccccc2)c2c(C(=Nc3ccccc3)c3cccc(C(C)C)c3)c3ccc4oc5c(C(C)(C)C)c6ccc5c4c3c3c2ccc2c4cccc(c4oc23)C6(C)C)c1. The molecule has 0 amide bonds. The molecule has 0 saturated heterocycles. The smallest absolute Gasteiger partial charge is 0.143 e. The number of fused-ring (bicyclic) bond motifs is 2. The first-order valence-corrected chi connectivity index (χ1v) is 24.5. The zero-order valence-corrected chi connectivity index (χ0v) is 41.0. The lowest BCUT2D eigenvalue weighted by molar-refractivity contribution is 0.536. The fourth-order valence-electron chi connectivity index (χ4n) is 11.3. The van der Waals surface area contributed by atoms with E-state index in [1.165, 1.54) is 22.3 Å². The highest BCUT2D eigenvalue weighted by Gasteiger charge is 2.37. The average molecular weight is 897 g/mol. The van der Waals surface area contributed by atoms with Gasteiger partial charge in [-0.15, -0.1) is 0 Å². The van der Waals surface area contributed by atoms with Crippen molar-refractivity contribution >= 4 is 88.2 Å². The van der Waals surface area contributed by atoms with E-state index in [2.05, 4.69) is 226 Å². The van der Waals surface area contributed by atoms with Crippen LogP contribution in [0.4, 0.5) is 11.4 Å². The highest BCUT2D eigenvalue weighted by atomic mass is 16.3. The van der Waals surface area contributed by atoms with E-state index in [-0.39, 0.29) is 5.41 Å². The van der Waals surface area contributed by atoms with Crippen LogP contribution in [0.2, 0.25) is 0 Å². The first-order chi connectivity index (χ1) is 33.3. The summed E-state index contributed by atoms with van der Waals surface area (Å²) in [6, 6.07) is 59.2. The van der Waals surface area contributed by atoms with E-state index >= 15 is 0 Å². The van der Waals surface area contributed by atoms with Crippen LogP contribution in [0.25, 0.3) is 65.4 Å². The Labute approximate surface area is 404 Å². The molecule has 0 unspecified atom stereocenters. The topological polar surface area (TPSA) is 51.0 Å². The summed E-state index contributed by atoms with van der Waals surface area (Å²) in [6.07, 6.45) is 0. The van der Waals surface area contributed by atoms with Crippen molar-refractivity contribution in [2.75, 3.05) is 0 Å². The van der Waals surface area contributed by atoms with Gasteiger partial charge < -0.3 is 8.83 Å². The zero-order chi connectivity index (χ0) is 47.5. The van der Waals surface area contributed by atoms with Crippen LogP contribution >= 0.6 is 0 Å². The van der Waals surface area contributed by atoms with E-state index < -0.39 is 5.41 Å². The summed E-state index contributed by atoms with van der Waals surface area (Å²) in [7, 11) is 0. The summed E-state index contributed by atoms with van der Waals surface area (Å²) in [5, 5.41) is 8.54. The minimum Gasteiger partial charge on any atom is -0.456 e. The van der Waals surface area contributed by atoms with Gasteiger partial charge in [0.2, 0.25) is 0 Å². The largest absolute Gasteiger partial charge is 0.456 e. The van der Waals surface area contributed by atoms with Crippen molar-refractivity contribution in [3.8, 4) is 0 Å². The molecule has 0 N–H and O–H groups in total. The van der Waals surface area contributed by atoms with Crippen molar-refractivity contribution in [2.45, 2.75) is 85.0 Å². The molecular weight excluding hydrogens is 841 g/mol. The molecule has 13 rings (SSSR count). The van der Waals surface area contributed by atoms with Gasteiger partial charge in [0.1, 0.15) is 22.3 Å². The number of para-hydroxylation sites is 3. The summed E-state index contributed by atoms with van der Waals surface area (Å²) in [6.45, 7) is 20.6. The number of furan rings is 2. The minimum atomic E-state index is -0.432. The minimum absolute atomic E-state index is 0.251. The lowest BCUT2D eigenvalue weighted by Gasteiger charge is -2.33. The fourth-order valence-corrected chi connectivity index (χ4v) is 11.3. The molecule has 2 aromatic heterocycles. The van der Waals surface area contributed by atoms with E-state index in [1.54, 1.807) is 0 Å². The molecule has 11 aromatic rings. The van der Waals surface area contributed by atoms with Crippen LogP contribution in [0.3, 0.4) is 0 Å². The van der Waals surface area contributed by atoms with Crippen LogP contribution in [0.5, 0.6) is 0 Å². The third-order valence-electron chi connectivity index (χ3n) is 14.7. The van der Waals surface area contributed by atoms with Gasteiger partial charge >= 0.3 is 0 Å². The first kappa shape index (κ1) is 42.8. The predicted octanol–water partition coefficient (Wildman–Crippen LogP) is 18.3. The normalized spacial score (nSPS) is 14.1. The number of hydrogen-bond donors (Lipinski definition) is 0. The quantitative estimate of drug-likeness (QED) is 0.113. The van der Waals surface area contributed by atoms with Crippen LogP contribution in [0, 0.1) is 0 Å². The predicted molar refractivity (Wildman–Crippen MR) is 291 cm³/mol. The molecule has 2 aliphatic rings. The van der Waals surface area contributed by atoms with E-state index in [1.807, 2.05) is 0 Å².